The number of fused-ring (bicyclic) bond motifs is 1. The van der Waals surface area contributed by atoms with Gasteiger partial charge in [-0.05, 0) is 48.7 Å². The van der Waals surface area contributed by atoms with Gasteiger partial charge in [-0.1, -0.05) is 25.5 Å². The normalized spacial score (nSPS) is 10.9. The predicted molar refractivity (Wildman–Crippen MR) is 97.8 cm³/mol. The molecule has 0 fully saturated rings. The number of hydrogen-bond acceptors (Lipinski definition) is 3. The highest BCUT2D eigenvalue weighted by Crippen LogP contribution is 2.17. The van der Waals surface area contributed by atoms with Gasteiger partial charge in [0.2, 0.25) is 5.91 Å². The number of carbonyl (C=O) groups is 1. The van der Waals surface area contributed by atoms with E-state index in [-0.39, 0.29) is 12.5 Å². The third-order valence-electron chi connectivity index (χ3n) is 4.02. The summed E-state index contributed by atoms with van der Waals surface area (Å²) in [5, 5.41) is 8.15. The fourth-order valence-corrected chi connectivity index (χ4v) is 2.69. The first-order valence-electron chi connectivity index (χ1n) is 8.25. The maximum absolute atomic E-state index is 12.3. The zero-order valence-corrected chi connectivity index (χ0v) is 13.8. The molecule has 5 heteroatoms. The van der Waals surface area contributed by atoms with Crippen LogP contribution in [-0.2, 0) is 17.8 Å². The van der Waals surface area contributed by atoms with Crippen LogP contribution in [-0.4, -0.2) is 15.7 Å². The number of amides is 1. The van der Waals surface area contributed by atoms with E-state index >= 15 is 0 Å². The molecular formula is C19H22N4O. The molecule has 1 heterocycles. The van der Waals surface area contributed by atoms with Crippen LogP contribution in [0.5, 0.6) is 0 Å². The van der Waals surface area contributed by atoms with Crippen LogP contribution in [0.1, 0.15) is 25.3 Å². The van der Waals surface area contributed by atoms with Crippen molar-refractivity contribution >= 4 is 28.2 Å². The maximum atomic E-state index is 12.3. The third kappa shape index (κ3) is 3.74. The number of carbonyl (C=O) groups excluding carboxylic acids is 1. The molecule has 0 aliphatic rings. The first-order chi connectivity index (χ1) is 11.7. The number of nitrogens with two attached hydrogens (primary N) is 1. The van der Waals surface area contributed by atoms with Gasteiger partial charge in [-0.2, -0.15) is 5.10 Å². The molecule has 5 nitrogen and oxygen atoms in total. The quantitative estimate of drug-likeness (QED) is 0.681. The third-order valence-corrected chi connectivity index (χ3v) is 4.02. The topological polar surface area (TPSA) is 72.9 Å². The number of nitrogen functional groups attached to an aromatic ring is 1. The van der Waals surface area contributed by atoms with Gasteiger partial charge >= 0.3 is 0 Å². The zero-order chi connectivity index (χ0) is 16.9. The highest BCUT2D eigenvalue weighted by atomic mass is 16.2. The van der Waals surface area contributed by atoms with Crippen LogP contribution >= 0.6 is 0 Å². The molecule has 0 atom stereocenters. The van der Waals surface area contributed by atoms with Crippen molar-refractivity contribution in [1.29, 1.82) is 0 Å². The lowest BCUT2D eigenvalue weighted by Gasteiger charge is -2.08. The Balaban J connectivity index is 1.65. The van der Waals surface area contributed by atoms with Gasteiger partial charge < -0.3 is 11.1 Å². The van der Waals surface area contributed by atoms with E-state index in [4.69, 9.17) is 5.73 Å². The van der Waals surface area contributed by atoms with Gasteiger partial charge in [0.25, 0.3) is 0 Å². The van der Waals surface area contributed by atoms with E-state index in [0.29, 0.717) is 5.69 Å². The molecule has 24 heavy (non-hydrogen) atoms. The van der Waals surface area contributed by atoms with E-state index in [1.807, 2.05) is 30.3 Å². The molecule has 0 unspecified atom stereocenters. The molecular weight excluding hydrogens is 300 g/mol. The number of nitrogens with one attached hydrogen (secondary N) is 1. The van der Waals surface area contributed by atoms with Crippen molar-refractivity contribution in [3.05, 3.63) is 54.2 Å². The van der Waals surface area contributed by atoms with Crippen LogP contribution in [0, 0.1) is 0 Å². The molecule has 124 valence electrons. The Hall–Kier alpha value is -2.82. The van der Waals surface area contributed by atoms with Crippen molar-refractivity contribution in [2.45, 2.75) is 32.7 Å². The largest absolute Gasteiger partial charge is 0.399 e. The van der Waals surface area contributed by atoms with Crippen molar-refractivity contribution in [3.63, 3.8) is 0 Å². The Morgan fingerprint density at radius 2 is 2.00 bits per heavy atom. The molecule has 0 saturated heterocycles. The number of aryl methyl sites for hydroxylation is 1. The first-order valence-corrected chi connectivity index (χ1v) is 8.25. The minimum atomic E-state index is -0.108. The van der Waals surface area contributed by atoms with E-state index in [9.17, 15) is 4.79 Å². The van der Waals surface area contributed by atoms with E-state index in [1.54, 1.807) is 10.9 Å². The smallest absolute Gasteiger partial charge is 0.246 e. The van der Waals surface area contributed by atoms with Gasteiger partial charge in [0, 0.05) is 16.8 Å². The lowest BCUT2D eigenvalue weighted by atomic mass is 10.1. The van der Waals surface area contributed by atoms with Crippen LogP contribution < -0.4 is 11.1 Å². The molecule has 0 aliphatic carbocycles. The predicted octanol–water partition coefficient (Wildman–Crippen LogP) is 3.60. The van der Waals surface area contributed by atoms with E-state index in [0.717, 1.165) is 23.0 Å². The number of rotatable bonds is 6. The van der Waals surface area contributed by atoms with Gasteiger partial charge in [0.15, 0.2) is 0 Å². The average molecular weight is 322 g/mol. The fraction of sp³-hybridized carbons (Fsp3) is 0.263. The number of nitrogens with zero attached hydrogens (tertiary/aromatic N) is 2. The molecule has 3 aromatic rings. The van der Waals surface area contributed by atoms with Gasteiger partial charge in [-0.25, -0.2) is 0 Å². The van der Waals surface area contributed by atoms with Crippen LogP contribution in [0.4, 0.5) is 11.4 Å². The maximum Gasteiger partial charge on any atom is 0.246 e. The molecule has 3 N–H and O–H groups in total. The Morgan fingerprint density at radius 3 is 2.75 bits per heavy atom. The lowest BCUT2D eigenvalue weighted by molar-refractivity contribution is -0.116. The number of aromatic nitrogens is 2. The average Bonchev–Trinajstić information content (AvgIpc) is 2.96. The van der Waals surface area contributed by atoms with Crippen molar-refractivity contribution in [2.24, 2.45) is 0 Å². The number of anilines is 2. The summed E-state index contributed by atoms with van der Waals surface area (Å²) in [4.78, 5) is 12.3. The molecule has 3 rings (SSSR count). The Kier molecular flexibility index (Phi) is 4.79. The second-order valence-corrected chi connectivity index (χ2v) is 5.97. The summed E-state index contributed by atoms with van der Waals surface area (Å²) in [6.45, 7) is 2.34. The summed E-state index contributed by atoms with van der Waals surface area (Å²) in [6.07, 6.45) is 5.18. The van der Waals surface area contributed by atoms with Gasteiger partial charge in [-0.3, -0.25) is 9.48 Å². The number of hydrogen-bond donors (Lipinski definition) is 2. The van der Waals surface area contributed by atoms with E-state index in [2.05, 4.69) is 29.5 Å². The number of benzene rings is 2. The summed E-state index contributed by atoms with van der Waals surface area (Å²) in [7, 11) is 0. The van der Waals surface area contributed by atoms with Gasteiger partial charge in [0.05, 0.1) is 11.7 Å². The Morgan fingerprint density at radius 1 is 1.21 bits per heavy atom. The Bertz CT molecular complexity index is 836. The van der Waals surface area contributed by atoms with Gasteiger partial charge in [0.1, 0.15) is 6.54 Å². The molecule has 1 aromatic heterocycles. The lowest BCUT2D eigenvalue weighted by Crippen LogP contribution is -2.19. The summed E-state index contributed by atoms with van der Waals surface area (Å²) in [5.74, 6) is -0.108. The SMILES string of the molecule is CCCCc1ccc(NC(=O)Cn2ncc3ccc(N)cc32)cc1. The first kappa shape index (κ1) is 16.1. The monoisotopic (exact) mass is 322 g/mol. The second-order valence-electron chi connectivity index (χ2n) is 5.97. The van der Waals surface area contributed by atoms with E-state index < -0.39 is 0 Å². The highest BCUT2D eigenvalue weighted by Gasteiger charge is 2.08. The molecule has 0 spiro atoms. The van der Waals surface area contributed by atoms with Crippen LogP contribution in [0.15, 0.2) is 48.7 Å². The van der Waals surface area contributed by atoms with Crippen LogP contribution in [0.3, 0.4) is 0 Å². The fourth-order valence-electron chi connectivity index (χ4n) is 2.69. The molecule has 1 amide bonds. The van der Waals surface area contributed by atoms with Crippen LogP contribution in [0.2, 0.25) is 0 Å². The van der Waals surface area contributed by atoms with Crippen molar-refractivity contribution < 1.29 is 4.79 Å². The highest BCUT2D eigenvalue weighted by molar-refractivity contribution is 5.92. The molecule has 0 radical (unpaired) electrons. The van der Waals surface area contributed by atoms with Crippen molar-refractivity contribution in [1.82, 2.24) is 9.78 Å². The zero-order valence-electron chi connectivity index (χ0n) is 13.8. The minimum Gasteiger partial charge on any atom is -0.399 e. The summed E-state index contributed by atoms with van der Waals surface area (Å²) >= 11 is 0. The second kappa shape index (κ2) is 7.17. The molecule has 0 saturated carbocycles. The molecule has 0 bridgehead atoms. The van der Waals surface area contributed by atoms with Crippen molar-refractivity contribution in [2.75, 3.05) is 11.1 Å². The van der Waals surface area contributed by atoms with Crippen LogP contribution in [0.25, 0.3) is 10.9 Å². The summed E-state index contributed by atoms with van der Waals surface area (Å²) in [6, 6.07) is 13.6. The summed E-state index contributed by atoms with van der Waals surface area (Å²) < 4.78 is 1.66. The standard InChI is InChI=1S/C19H22N4O/c1-2-3-4-14-5-9-17(10-6-14)22-19(24)13-23-18-11-16(20)8-7-15(18)12-21-23/h5-12H,2-4,13,20H2,1H3,(H,22,24). The number of unbranched alkanes of at least 4 members (excludes halogenated alkanes) is 1. The van der Waals surface area contributed by atoms with Crippen molar-refractivity contribution in [3.8, 4) is 0 Å². The minimum absolute atomic E-state index is 0.108. The van der Waals surface area contributed by atoms with Gasteiger partial charge in [-0.15, -0.1) is 0 Å². The van der Waals surface area contributed by atoms with E-state index in [1.165, 1.54) is 18.4 Å². The summed E-state index contributed by atoms with van der Waals surface area (Å²) in [5.41, 5.74) is 9.43. The molecule has 2 aromatic carbocycles. The molecule has 0 aliphatic heterocycles. The Labute approximate surface area is 141 Å².